The van der Waals surface area contributed by atoms with Crippen LogP contribution in [0.2, 0.25) is 5.02 Å². The van der Waals surface area contributed by atoms with E-state index in [0.29, 0.717) is 27.4 Å². The molecule has 0 unspecified atom stereocenters. The van der Waals surface area contributed by atoms with Crippen molar-refractivity contribution in [1.82, 2.24) is 5.32 Å². The van der Waals surface area contributed by atoms with E-state index in [1.165, 1.54) is 6.07 Å². The Labute approximate surface area is 125 Å². The van der Waals surface area contributed by atoms with Crippen LogP contribution in [-0.4, -0.2) is 16.9 Å². The molecule has 1 aliphatic heterocycles. The van der Waals surface area contributed by atoms with E-state index in [1.807, 2.05) is 0 Å². The minimum atomic E-state index is -0.423. The summed E-state index contributed by atoms with van der Waals surface area (Å²) in [4.78, 5) is 23.4. The molecule has 6 heteroatoms. The highest BCUT2D eigenvalue weighted by Crippen LogP contribution is 2.27. The minimum absolute atomic E-state index is 0.111. The van der Waals surface area contributed by atoms with E-state index in [0.717, 1.165) is 0 Å². The van der Waals surface area contributed by atoms with Crippen molar-refractivity contribution in [3.8, 4) is 5.75 Å². The number of phenols is 1. The predicted molar refractivity (Wildman–Crippen MR) is 78.7 cm³/mol. The lowest BCUT2D eigenvalue weighted by Gasteiger charge is -2.11. The number of halogens is 1. The maximum Gasteiger partial charge on any atom is 0.261 e. The van der Waals surface area contributed by atoms with Gasteiger partial charge in [-0.1, -0.05) is 17.7 Å². The first kappa shape index (κ1) is 13.5. The summed E-state index contributed by atoms with van der Waals surface area (Å²) >= 11 is 5.89. The number of fused-ring (bicyclic) bond motifs is 1. The highest BCUT2D eigenvalue weighted by Gasteiger charge is 2.29. The van der Waals surface area contributed by atoms with Crippen LogP contribution in [0.3, 0.4) is 0 Å². The van der Waals surface area contributed by atoms with Gasteiger partial charge in [-0.25, -0.2) is 0 Å². The highest BCUT2D eigenvalue weighted by molar-refractivity contribution is 6.30. The van der Waals surface area contributed by atoms with Gasteiger partial charge in [0.25, 0.3) is 11.8 Å². The molecule has 2 aromatic rings. The number of hydrogen-bond acceptors (Lipinski definition) is 4. The lowest BCUT2D eigenvalue weighted by molar-refractivity contribution is 0.0880. The molecule has 3 rings (SSSR count). The molecular formula is C15H11ClN2O3. The lowest BCUT2D eigenvalue weighted by atomic mass is 10.1. The molecule has 0 bridgehead atoms. The fourth-order valence-corrected chi connectivity index (χ4v) is 2.45. The van der Waals surface area contributed by atoms with Gasteiger partial charge in [-0.05, 0) is 30.3 Å². The van der Waals surface area contributed by atoms with E-state index in [2.05, 4.69) is 10.6 Å². The number of aromatic hydroxyl groups is 1. The topological polar surface area (TPSA) is 78.4 Å². The van der Waals surface area contributed by atoms with Crippen LogP contribution < -0.4 is 10.6 Å². The van der Waals surface area contributed by atoms with Crippen molar-refractivity contribution in [1.29, 1.82) is 0 Å². The standard InChI is InChI=1S/C15H11ClN2O3/c16-9-4-5-12(19)8(6-9)7-17-11-3-1-2-10-13(11)15(21)18-14(10)20/h1-6,17,19H,7H2,(H,18,20,21). The Balaban J connectivity index is 1.89. The molecule has 21 heavy (non-hydrogen) atoms. The number of hydrogen-bond donors (Lipinski definition) is 3. The second-order valence-electron chi connectivity index (χ2n) is 4.64. The number of nitrogens with one attached hydrogen (secondary N) is 2. The molecule has 1 aliphatic rings. The molecule has 3 N–H and O–H groups in total. The molecule has 0 spiro atoms. The van der Waals surface area contributed by atoms with Crippen molar-refractivity contribution in [3.05, 3.63) is 58.1 Å². The van der Waals surface area contributed by atoms with Crippen LogP contribution in [0.4, 0.5) is 5.69 Å². The van der Waals surface area contributed by atoms with Crippen LogP contribution in [0, 0.1) is 0 Å². The molecule has 106 valence electrons. The van der Waals surface area contributed by atoms with Crippen LogP contribution >= 0.6 is 11.6 Å². The average molecular weight is 303 g/mol. The third-order valence-corrected chi connectivity index (χ3v) is 3.51. The van der Waals surface area contributed by atoms with Crippen molar-refractivity contribution < 1.29 is 14.7 Å². The van der Waals surface area contributed by atoms with Gasteiger partial charge in [0.05, 0.1) is 11.1 Å². The van der Waals surface area contributed by atoms with E-state index in [4.69, 9.17) is 11.6 Å². The lowest BCUT2D eigenvalue weighted by Crippen LogP contribution is -2.20. The maximum atomic E-state index is 11.8. The van der Waals surface area contributed by atoms with Gasteiger partial charge in [-0.3, -0.25) is 14.9 Å². The Morgan fingerprint density at radius 1 is 1.14 bits per heavy atom. The van der Waals surface area contributed by atoms with Gasteiger partial charge in [-0.2, -0.15) is 0 Å². The number of carbonyl (C=O) groups is 2. The highest BCUT2D eigenvalue weighted by atomic mass is 35.5. The molecule has 0 radical (unpaired) electrons. The van der Waals surface area contributed by atoms with Crippen molar-refractivity contribution in [2.45, 2.75) is 6.54 Å². The Bertz CT molecular complexity index is 759. The van der Waals surface area contributed by atoms with Crippen molar-refractivity contribution in [3.63, 3.8) is 0 Å². The summed E-state index contributed by atoms with van der Waals surface area (Å²) in [6.45, 7) is 0.282. The summed E-state index contributed by atoms with van der Waals surface area (Å²) in [6.07, 6.45) is 0. The largest absolute Gasteiger partial charge is 0.508 e. The first-order valence-electron chi connectivity index (χ1n) is 6.26. The molecule has 0 aliphatic carbocycles. The fourth-order valence-electron chi connectivity index (χ4n) is 2.25. The Morgan fingerprint density at radius 2 is 1.95 bits per heavy atom. The quantitative estimate of drug-likeness (QED) is 0.761. The van der Waals surface area contributed by atoms with Gasteiger partial charge in [0.15, 0.2) is 0 Å². The molecule has 0 saturated heterocycles. The smallest absolute Gasteiger partial charge is 0.261 e. The van der Waals surface area contributed by atoms with Crippen molar-refractivity contribution in [2.75, 3.05) is 5.32 Å². The number of carbonyl (C=O) groups excluding carboxylic acids is 2. The summed E-state index contributed by atoms with van der Waals surface area (Å²) in [5.74, 6) is -0.710. The zero-order valence-corrected chi connectivity index (χ0v) is 11.6. The van der Waals surface area contributed by atoms with Crippen molar-refractivity contribution in [2.24, 2.45) is 0 Å². The number of benzene rings is 2. The molecule has 0 atom stereocenters. The van der Waals surface area contributed by atoms with E-state index < -0.39 is 11.8 Å². The number of anilines is 1. The number of phenolic OH excluding ortho intramolecular Hbond substituents is 1. The summed E-state index contributed by atoms with van der Waals surface area (Å²) in [7, 11) is 0. The van der Waals surface area contributed by atoms with Gasteiger partial charge in [0.2, 0.25) is 0 Å². The maximum absolute atomic E-state index is 11.8. The third kappa shape index (κ3) is 2.43. The molecule has 1 heterocycles. The van der Waals surface area contributed by atoms with Crippen LogP contribution in [0.25, 0.3) is 0 Å². The molecular weight excluding hydrogens is 292 g/mol. The Kier molecular flexibility index (Phi) is 3.27. The molecule has 0 saturated carbocycles. The van der Waals surface area contributed by atoms with Crippen LogP contribution in [0.1, 0.15) is 26.3 Å². The first-order valence-corrected chi connectivity index (χ1v) is 6.64. The van der Waals surface area contributed by atoms with Gasteiger partial charge >= 0.3 is 0 Å². The monoisotopic (exact) mass is 302 g/mol. The first-order chi connectivity index (χ1) is 10.1. The average Bonchev–Trinajstić information content (AvgIpc) is 2.76. The zero-order chi connectivity index (χ0) is 15.0. The summed E-state index contributed by atoms with van der Waals surface area (Å²) < 4.78 is 0. The fraction of sp³-hybridized carbons (Fsp3) is 0.0667. The van der Waals surface area contributed by atoms with Gasteiger partial charge in [0.1, 0.15) is 5.75 Å². The minimum Gasteiger partial charge on any atom is -0.508 e. The van der Waals surface area contributed by atoms with Crippen LogP contribution in [0.15, 0.2) is 36.4 Å². The Morgan fingerprint density at radius 3 is 2.76 bits per heavy atom. The number of amides is 2. The van der Waals surface area contributed by atoms with E-state index in [9.17, 15) is 14.7 Å². The number of imide groups is 1. The Hall–Kier alpha value is -2.53. The van der Waals surface area contributed by atoms with E-state index >= 15 is 0 Å². The second kappa shape index (κ2) is 5.10. The van der Waals surface area contributed by atoms with Gasteiger partial charge < -0.3 is 10.4 Å². The van der Waals surface area contributed by atoms with Gasteiger partial charge in [-0.15, -0.1) is 0 Å². The van der Waals surface area contributed by atoms with E-state index in [-0.39, 0.29) is 12.3 Å². The number of rotatable bonds is 3. The second-order valence-corrected chi connectivity index (χ2v) is 5.07. The predicted octanol–water partition coefficient (Wildman–Crippen LogP) is 2.54. The molecule has 2 amide bonds. The molecule has 0 fully saturated rings. The van der Waals surface area contributed by atoms with Crippen LogP contribution in [0.5, 0.6) is 5.75 Å². The summed E-state index contributed by atoms with van der Waals surface area (Å²) in [5.41, 5.74) is 1.81. The zero-order valence-electron chi connectivity index (χ0n) is 10.8. The molecule has 0 aromatic heterocycles. The summed E-state index contributed by atoms with van der Waals surface area (Å²) in [5, 5.41) is 15.6. The van der Waals surface area contributed by atoms with E-state index in [1.54, 1.807) is 30.3 Å². The molecule has 2 aromatic carbocycles. The van der Waals surface area contributed by atoms with Crippen LogP contribution in [-0.2, 0) is 6.54 Å². The van der Waals surface area contributed by atoms with Gasteiger partial charge in [0, 0.05) is 22.8 Å². The van der Waals surface area contributed by atoms with Crippen molar-refractivity contribution >= 4 is 29.1 Å². The normalized spacial score (nSPS) is 13.0. The summed E-state index contributed by atoms with van der Waals surface area (Å²) in [6, 6.07) is 9.73. The SMILES string of the molecule is O=C1NC(=O)c2c(NCc3cc(Cl)ccc3O)cccc21. The molecule has 5 nitrogen and oxygen atoms in total. The third-order valence-electron chi connectivity index (χ3n) is 3.27.